The number of benzene rings is 1. The molecule has 0 heterocycles. The second-order valence-corrected chi connectivity index (χ2v) is 10.4. The van der Waals surface area contributed by atoms with Gasteiger partial charge in [-0.15, -0.1) is 0 Å². The molecule has 162 valence electrons. The number of hydrogen-bond donors (Lipinski definition) is 1. The van der Waals surface area contributed by atoms with Gasteiger partial charge in [-0.2, -0.15) is 12.8 Å². The summed E-state index contributed by atoms with van der Waals surface area (Å²) in [6, 6.07) is 7.66. The highest BCUT2D eigenvalue weighted by Gasteiger charge is 2.56. The van der Waals surface area contributed by atoms with Gasteiger partial charge >= 0.3 is 10.5 Å². The molecular formula is C22H29N3O3S2. The highest BCUT2D eigenvalue weighted by Crippen LogP contribution is 2.58. The molecule has 30 heavy (non-hydrogen) atoms. The number of nitrogens with one attached hydrogen (secondary N) is 1. The molecule has 0 aliphatic heterocycles. The fourth-order valence-corrected chi connectivity index (χ4v) is 6.97. The molecule has 1 amide bonds. The number of carbonyl (C=O) groups excluding carboxylic acids is 1. The number of aryl methyl sites for hydroxylation is 1. The van der Waals surface area contributed by atoms with Gasteiger partial charge in [0.1, 0.15) is 0 Å². The van der Waals surface area contributed by atoms with Gasteiger partial charge in [0.05, 0.1) is 18.0 Å². The molecular weight excluding hydrogens is 418 g/mol. The van der Waals surface area contributed by atoms with Crippen LogP contribution < -0.4 is 5.32 Å². The molecule has 0 spiro atoms. The van der Waals surface area contributed by atoms with Crippen LogP contribution in [0, 0.1) is 24.7 Å². The maximum Gasteiger partial charge on any atom is 0.311 e. The van der Waals surface area contributed by atoms with Gasteiger partial charge in [-0.1, -0.05) is 29.8 Å². The summed E-state index contributed by atoms with van der Waals surface area (Å²) in [5.74, 6) is 1.14. The van der Waals surface area contributed by atoms with Gasteiger partial charge in [-0.3, -0.25) is 9.69 Å². The molecule has 0 saturated heterocycles. The summed E-state index contributed by atoms with van der Waals surface area (Å²) in [5.41, 5.74) is 1.59. The molecule has 4 saturated carbocycles. The Morgan fingerprint density at radius 3 is 2.17 bits per heavy atom. The first-order valence-corrected chi connectivity index (χ1v) is 12.1. The van der Waals surface area contributed by atoms with Crippen molar-refractivity contribution in [2.75, 3.05) is 13.6 Å². The van der Waals surface area contributed by atoms with E-state index in [0.29, 0.717) is 22.9 Å². The Hall–Kier alpha value is -1.80. The van der Waals surface area contributed by atoms with E-state index in [1.807, 2.05) is 36.1 Å². The topological polar surface area (TPSA) is 78.8 Å². The van der Waals surface area contributed by atoms with Crippen LogP contribution in [0.25, 0.3) is 0 Å². The fraction of sp³-hybridized carbons (Fsp3) is 0.636. The summed E-state index contributed by atoms with van der Waals surface area (Å²) in [6.45, 7) is 1.88. The lowest BCUT2D eigenvalue weighted by Gasteiger charge is -2.60. The lowest BCUT2D eigenvalue weighted by molar-refractivity contribution is -0.142. The minimum Gasteiger partial charge on any atom is -0.365 e. The van der Waals surface area contributed by atoms with Gasteiger partial charge in [0, 0.05) is 7.05 Å². The van der Waals surface area contributed by atoms with Gasteiger partial charge in [0.2, 0.25) is 5.91 Å². The third kappa shape index (κ3) is 4.04. The van der Waals surface area contributed by atoms with E-state index in [1.54, 1.807) is 7.05 Å². The lowest BCUT2D eigenvalue weighted by Crippen LogP contribution is -2.65. The first kappa shape index (κ1) is 21.4. The first-order chi connectivity index (χ1) is 14.3. The Balaban J connectivity index is 1.73. The monoisotopic (exact) mass is 447 g/mol. The Morgan fingerprint density at radius 1 is 1.17 bits per heavy atom. The van der Waals surface area contributed by atoms with E-state index in [-0.39, 0.29) is 18.0 Å². The van der Waals surface area contributed by atoms with E-state index in [1.165, 1.54) is 19.3 Å². The molecule has 0 aromatic heterocycles. The van der Waals surface area contributed by atoms with Crippen molar-refractivity contribution in [3.8, 4) is 0 Å². The normalized spacial score (nSPS) is 29.9. The van der Waals surface area contributed by atoms with Crippen molar-refractivity contribution in [3.63, 3.8) is 0 Å². The fourth-order valence-electron chi connectivity index (χ4n) is 6.42. The zero-order chi connectivity index (χ0) is 21.5. The van der Waals surface area contributed by atoms with E-state index < -0.39 is 16.4 Å². The molecule has 6 nitrogen and oxygen atoms in total. The molecule has 4 aliphatic carbocycles. The van der Waals surface area contributed by atoms with Crippen molar-refractivity contribution in [2.45, 2.75) is 56.9 Å². The van der Waals surface area contributed by atoms with Gasteiger partial charge in [-0.25, -0.2) is 0 Å². The van der Waals surface area contributed by atoms with Crippen molar-refractivity contribution in [1.29, 1.82) is 0 Å². The number of thiocarbonyl (C=S) groups is 1. The summed E-state index contributed by atoms with van der Waals surface area (Å²) in [5, 5.41) is 3.47. The standard InChI is InChI=1S/C22H29N3O3S2/c1-14-3-5-18(6-4-14)19(13-24-30(27)28)20(26)25(21(29)23-2)22-10-15-7-16(11-22)9-17(8-15)12-22/h3-6,15-17,19H,7-13H2,1-2H3,(H,23,29). The van der Waals surface area contributed by atoms with E-state index in [2.05, 4.69) is 9.68 Å². The average Bonchev–Trinajstić information content (AvgIpc) is 2.68. The Bertz CT molecular complexity index is 929. The summed E-state index contributed by atoms with van der Waals surface area (Å²) in [6.07, 6.45) is 6.74. The van der Waals surface area contributed by atoms with Crippen LogP contribution in [0.15, 0.2) is 28.6 Å². The van der Waals surface area contributed by atoms with Crippen LogP contribution in [0.1, 0.15) is 55.6 Å². The zero-order valence-electron chi connectivity index (χ0n) is 17.5. The Kier molecular flexibility index (Phi) is 5.99. The molecule has 1 atom stereocenters. The average molecular weight is 448 g/mol. The van der Waals surface area contributed by atoms with Gasteiger partial charge in [-0.05, 0) is 81.0 Å². The van der Waals surface area contributed by atoms with Crippen molar-refractivity contribution in [2.24, 2.45) is 22.1 Å². The maximum absolute atomic E-state index is 14.0. The van der Waals surface area contributed by atoms with Crippen LogP contribution in [0.4, 0.5) is 0 Å². The Labute approximate surface area is 185 Å². The lowest BCUT2D eigenvalue weighted by atomic mass is 9.52. The predicted molar refractivity (Wildman–Crippen MR) is 120 cm³/mol. The predicted octanol–water partition coefficient (Wildman–Crippen LogP) is 3.44. The second-order valence-electron chi connectivity index (χ2n) is 9.36. The highest BCUT2D eigenvalue weighted by molar-refractivity contribution is 7.80. The number of amides is 1. The van der Waals surface area contributed by atoms with E-state index in [0.717, 1.165) is 30.4 Å². The summed E-state index contributed by atoms with van der Waals surface area (Å²) < 4.78 is 26.0. The minimum absolute atomic E-state index is 0.104. The van der Waals surface area contributed by atoms with Crippen LogP contribution >= 0.6 is 12.2 Å². The van der Waals surface area contributed by atoms with E-state index >= 15 is 0 Å². The second kappa shape index (κ2) is 8.38. The van der Waals surface area contributed by atoms with E-state index in [4.69, 9.17) is 12.2 Å². The van der Waals surface area contributed by atoms with Crippen LogP contribution in [0.3, 0.4) is 0 Å². The molecule has 4 aliphatic rings. The van der Waals surface area contributed by atoms with Crippen molar-refractivity contribution in [3.05, 3.63) is 35.4 Å². The molecule has 1 unspecified atom stereocenters. The Morgan fingerprint density at radius 2 is 1.70 bits per heavy atom. The third-order valence-electron chi connectivity index (χ3n) is 7.26. The van der Waals surface area contributed by atoms with Crippen LogP contribution in [-0.4, -0.2) is 43.5 Å². The molecule has 1 N–H and O–H groups in total. The molecule has 8 heteroatoms. The molecule has 4 fully saturated rings. The van der Waals surface area contributed by atoms with Crippen LogP contribution in [0.2, 0.25) is 0 Å². The highest BCUT2D eigenvalue weighted by atomic mass is 32.2. The summed E-state index contributed by atoms with van der Waals surface area (Å²) in [4.78, 5) is 15.8. The van der Waals surface area contributed by atoms with Gasteiger partial charge in [0.15, 0.2) is 5.11 Å². The maximum atomic E-state index is 14.0. The van der Waals surface area contributed by atoms with Crippen LogP contribution in [0.5, 0.6) is 0 Å². The number of rotatable bonds is 5. The van der Waals surface area contributed by atoms with Gasteiger partial charge < -0.3 is 5.32 Å². The number of nitrogens with zero attached hydrogens (tertiary/aromatic N) is 2. The van der Waals surface area contributed by atoms with Crippen molar-refractivity contribution in [1.82, 2.24) is 10.2 Å². The van der Waals surface area contributed by atoms with Crippen molar-refractivity contribution >= 4 is 33.7 Å². The molecule has 0 radical (unpaired) electrons. The third-order valence-corrected chi connectivity index (χ3v) is 8.00. The quantitative estimate of drug-likeness (QED) is 0.700. The molecule has 1 aromatic carbocycles. The number of carbonyl (C=O) groups is 1. The molecule has 4 bridgehead atoms. The summed E-state index contributed by atoms with van der Waals surface area (Å²) in [7, 11) is -0.810. The van der Waals surface area contributed by atoms with Gasteiger partial charge in [0.25, 0.3) is 0 Å². The zero-order valence-corrected chi connectivity index (χ0v) is 19.1. The smallest absolute Gasteiger partial charge is 0.311 e. The molecule has 5 rings (SSSR count). The van der Waals surface area contributed by atoms with E-state index in [9.17, 15) is 13.2 Å². The number of hydrogen-bond acceptors (Lipinski definition) is 5. The first-order valence-electron chi connectivity index (χ1n) is 10.7. The summed E-state index contributed by atoms with van der Waals surface area (Å²) >= 11 is 5.66. The largest absolute Gasteiger partial charge is 0.365 e. The molecule has 1 aromatic rings. The van der Waals surface area contributed by atoms with Crippen molar-refractivity contribution < 1.29 is 13.2 Å². The minimum atomic E-state index is -2.56. The van der Waals surface area contributed by atoms with Crippen LogP contribution in [-0.2, 0) is 15.3 Å². The SMILES string of the molecule is CNC(=S)N(C(=O)C(CN=S(=O)=O)c1ccc(C)cc1)C12CC3CC(CC(C3)C1)C2.